The number of hydrogen-bond donors (Lipinski definition) is 0. The second-order valence-corrected chi connectivity index (χ2v) is 8.35. The van der Waals surface area contributed by atoms with Gasteiger partial charge in [-0.3, -0.25) is 4.79 Å². The van der Waals surface area contributed by atoms with E-state index in [0.717, 1.165) is 12.0 Å². The van der Waals surface area contributed by atoms with E-state index >= 15 is 0 Å². The number of carbonyl (C=O) groups is 1. The molecule has 2 rings (SSSR count). The Balaban J connectivity index is 2.07. The Morgan fingerprint density at radius 1 is 1.41 bits per heavy atom. The van der Waals surface area contributed by atoms with Crippen LogP contribution in [0.5, 0.6) is 0 Å². The van der Waals surface area contributed by atoms with Crippen molar-refractivity contribution in [2.24, 2.45) is 5.92 Å². The topological polar surface area (TPSA) is 54.5 Å². The number of rotatable bonds is 5. The third-order valence-electron chi connectivity index (χ3n) is 4.12. The monoisotopic (exact) mass is 327 g/mol. The van der Waals surface area contributed by atoms with Crippen molar-refractivity contribution in [1.29, 1.82) is 0 Å². The molecule has 0 radical (unpaired) electrons. The second kappa shape index (κ2) is 6.77. The summed E-state index contributed by atoms with van der Waals surface area (Å²) in [6.45, 7) is 2.69. The first-order valence-corrected chi connectivity index (χ1v) is 9.56. The fourth-order valence-electron chi connectivity index (χ4n) is 3.05. The molecule has 0 aromatic heterocycles. The molecule has 1 fully saturated rings. The van der Waals surface area contributed by atoms with E-state index in [1.807, 2.05) is 6.07 Å². The van der Waals surface area contributed by atoms with Crippen LogP contribution in [0.1, 0.15) is 37.8 Å². The van der Waals surface area contributed by atoms with Crippen molar-refractivity contribution in [2.45, 2.75) is 32.2 Å². The van der Waals surface area contributed by atoms with Crippen molar-refractivity contribution in [2.75, 3.05) is 18.6 Å². The van der Waals surface area contributed by atoms with Crippen molar-refractivity contribution in [3.05, 3.63) is 35.6 Å². The van der Waals surface area contributed by atoms with Crippen LogP contribution in [-0.4, -0.2) is 37.8 Å². The molecule has 1 saturated heterocycles. The summed E-state index contributed by atoms with van der Waals surface area (Å²) in [7, 11) is -3.05. The van der Waals surface area contributed by atoms with Gasteiger partial charge in [-0.1, -0.05) is 19.1 Å². The van der Waals surface area contributed by atoms with Gasteiger partial charge in [0.25, 0.3) is 0 Å². The second-order valence-electron chi connectivity index (χ2n) is 6.09. The zero-order valence-corrected chi connectivity index (χ0v) is 13.8. The molecular formula is C16H22FNO3S. The summed E-state index contributed by atoms with van der Waals surface area (Å²) >= 11 is 0. The summed E-state index contributed by atoms with van der Waals surface area (Å²) in [6.07, 6.45) is 2.59. The lowest BCUT2D eigenvalue weighted by Crippen LogP contribution is -2.32. The predicted molar refractivity (Wildman–Crippen MR) is 83.6 cm³/mol. The number of hydrogen-bond acceptors (Lipinski definition) is 3. The minimum absolute atomic E-state index is 0.0206. The number of likely N-dealkylation sites (tertiary alicyclic amines) is 1. The number of sulfone groups is 1. The van der Waals surface area contributed by atoms with E-state index in [4.69, 9.17) is 0 Å². The summed E-state index contributed by atoms with van der Waals surface area (Å²) < 4.78 is 35.7. The van der Waals surface area contributed by atoms with Gasteiger partial charge in [0.05, 0.1) is 11.8 Å². The van der Waals surface area contributed by atoms with Crippen LogP contribution in [0.3, 0.4) is 0 Å². The molecule has 2 atom stereocenters. The fraction of sp³-hybridized carbons (Fsp3) is 0.562. The van der Waals surface area contributed by atoms with E-state index in [0.29, 0.717) is 13.0 Å². The average Bonchev–Trinajstić information content (AvgIpc) is 2.79. The van der Waals surface area contributed by atoms with E-state index < -0.39 is 9.84 Å². The molecule has 1 amide bonds. The van der Waals surface area contributed by atoms with Crippen LogP contribution in [0, 0.1) is 11.7 Å². The molecule has 0 unspecified atom stereocenters. The quantitative estimate of drug-likeness (QED) is 0.835. The van der Waals surface area contributed by atoms with Gasteiger partial charge in [0.1, 0.15) is 15.7 Å². The summed E-state index contributed by atoms with van der Waals surface area (Å²) in [6, 6.07) is 6.24. The van der Waals surface area contributed by atoms with E-state index in [-0.39, 0.29) is 35.9 Å². The van der Waals surface area contributed by atoms with Gasteiger partial charge < -0.3 is 4.90 Å². The molecule has 0 saturated carbocycles. The van der Waals surface area contributed by atoms with Crippen molar-refractivity contribution in [3.63, 3.8) is 0 Å². The molecule has 4 nitrogen and oxygen atoms in total. The molecule has 122 valence electrons. The summed E-state index contributed by atoms with van der Waals surface area (Å²) in [5.74, 6) is -0.0729. The molecular weight excluding hydrogens is 305 g/mol. The lowest BCUT2D eigenvalue weighted by molar-refractivity contribution is -0.132. The van der Waals surface area contributed by atoms with Gasteiger partial charge >= 0.3 is 0 Å². The standard InChI is InChI=1S/C16H22FNO3S/c1-12-8-9-18(15(19)7-4-10-22(2,20)21)16(12)13-5-3-6-14(17)11-13/h3,5-6,11-12,16H,4,7-10H2,1-2H3/t12-,16+/m0/s1. The lowest BCUT2D eigenvalue weighted by atomic mass is 9.95. The highest BCUT2D eigenvalue weighted by atomic mass is 32.2. The van der Waals surface area contributed by atoms with E-state index in [9.17, 15) is 17.6 Å². The van der Waals surface area contributed by atoms with Crippen LogP contribution in [-0.2, 0) is 14.6 Å². The maximum Gasteiger partial charge on any atom is 0.223 e. The molecule has 0 spiro atoms. The zero-order chi connectivity index (χ0) is 16.3. The first-order chi connectivity index (χ1) is 10.3. The largest absolute Gasteiger partial charge is 0.335 e. The van der Waals surface area contributed by atoms with E-state index in [1.54, 1.807) is 11.0 Å². The fourth-order valence-corrected chi connectivity index (χ4v) is 3.72. The number of benzene rings is 1. The molecule has 1 aliphatic rings. The highest BCUT2D eigenvalue weighted by Crippen LogP contribution is 2.37. The van der Waals surface area contributed by atoms with Crippen molar-refractivity contribution >= 4 is 15.7 Å². The number of carbonyl (C=O) groups excluding carboxylic acids is 1. The summed E-state index contributed by atoms with van der Waals surface area (Å²) in [5.41, 5.74) is 0.807. The van der Waals surface area contributed by atoms with Gasteiger partial charge in [0.2, 0.25) is 5.91 Å². The Labute approximate surface area is 131 Å². The van der Waals surface area contributed by atoms with Gasteiger partial charge in [0.15, 0.2) is 0 Å². The SMILES string of the molecule is C[C@H]1CCN(C(=O)CCCS(C)(=O)=O)[C@H]1c1cccc(F)c1. The van der Waals surface area contributed by atoms with Crippen LogP contribution in [0.2, 0.25) is 0 Å². The minimum Gasteiger partial charge on any atom is -0.335 e. The first kappa shape index (κ1) is 16.9. The Morgan fingerprint density at radius 3 is 2.77 bits per heavy atom. The average molecular weight is 327 g/mol. The van der Waals surface area contributed by atoms with Crippen LogP contribution < -0.4 is 0 Å². The van der Waals surface area contributed by atoms with E-state index in [1.165, 1.54) is 18.4 Å². The molecule has 1 aromatic carbocycles. The van der Waals surface area contributed by atoms with Gasteiger partial charge in [0, 0.05) is 19.2 Å². The molecule has 0 bridgehead atoms. The van der Waals surface area contributed by atoms with Gasteiger partial charge in [-0.15, -0.1) is 0 Å². The molecule has 6 heteroatoms. The molecule has 0 aliphatic carbocycles. The Hall–Kier alpha value is -1.43. The number of amides is 1. The van der Waals surface area contributed by atoms with Crippen molar-refractivity contribution < 1.29 is 17.6 Å². The smallest absolute Gasteiger partial charge is 0.223 e. The molecule has 1 aliphatic heterocycles. The van der Waals surface area contributed by atoms with Gasteiger partial charge in [-0.2, -0.15) is 0 Å². The maximum atomic E-state index is 13.4. The third kappa shape index (κ3) is 4.29. The molecule has 22 heavy (non-hydrogen) atoms. The zero-order valence-electron chi connectivity index (χ0n) is 13.0. The third-order valence-corrected chi connectivity index (χ3v) is 5.15. The van der Waals surface area contributed by atoms with Crippen molar-refractivity contribution in [3.8, 4) is 0 Å². The van der Waals surface area contributed by atoms with Crippen molar-refractivity contribution in [1.82, 2.24) is 4.90 Å². The van der Waals surface area contributed by atoms with Gasteiger partial charge in [-0.25, -0.2) is 12.8 Å². The highest BCUT2D eigenvalue weighted by molar-refractivity contribution is 7.90. The minimum atomic E-state index is -3.05. The maximum absolute atomic E-state index is 13.4. The molecule has 1 aromatic rings. The predicted octanol–water partition coefficient (Wildman–Crippen LogP) is 2.56. The Kier molecular flexibility index (Phi) is 5.21. The Bertz CT molecular complexity index is 645. The first-order valence-electron chi connectivity index (χ1n) is 7.50. The molecule has 1 heterocycles. The number of nitrogens with zero attached hydrogens (tertiary/aromatic N) is 1. The summed E-state index contributed by atoms with van der Waals surface area (Å²) in [4.78, 5) is 14.1. The molecule has 0 N–H and O–H groups in total. The van der Waals surface area contributed by atoms with Crippen LogP contribution in [0.25, 0.3) is 0 Å². The lowest BCUT2D eigenvalue weighted by Gasteiger charge is -2.27. The van der Waals surface area contributed by atoms with E-state index in [2.05, 4.69) is 6.92 Å². The van der Waals surface area contributed by atoms with Gasteiger partial charge in [-0.05, 0) is 36.5 Å². The van der Waals surface area contributed by atoms with Crippen LogP contribution in [0.4, 0.5) is 4.39 Å². The number of halogens is 1. The normalized spacial score (nSPS) is 22.0. The summed E-state index contributed by atoms with van der Waals surface area (Å²) in [5, 5.41) is 0. The van der Waals surface area contributed by atoms with Crippen LogP contribution >= 0.6 is 0 Å². The Morgan fingerprint density at radius 2 is 2.14 bits per heavy atom. The highest BCUT2D eigenvalue weighted by Gasteiger charge is 2.35. The van der Waals surface area contributed by atoms with Crippen LogP contribution in [0.15, 0.2) is 24.3 Å².